The van der Waals surface area contributed by atoms with E-state index in [0.717, 1.165) is 36.9 Å². The van der Waals surface area contributed by atoms with Crippen LogP contribution in [0.3, 0.4) is 0 Å². The van der Waals surface area contributed by atoms with Crippen molar-refractivity contribution in [3.8, 4) is 5.75 Å². The minimum Gasteiger partial charge on any atom is -0.496 e. The number of ether oxygens (including phenoxy) is 1. The van der Waals surface area contributed by atoms with E-state index in [9.17, 15) is 4.79 Å². The van der Waals surface area contributed by atoms with Crippen LogP contribution in [0.1, 0.15) is 18.9 Å². The Bertz CT molecular complexity index is 858. The molecular weight excluding hydrogens is 521 g/mol. The third-order valence-corrected chi connectivity index (χ3v) is 5.04. The molecule has 10 heteroatoms. The zero-order chi connectivity index (χ0) is 21.9. The Morgan fingerprint density at radius 1 is 1.09 bits per heavy atom. The number of nitrogens with one attached hydrogen (secondary N) is 2. The first-order valence-electron chi connectivity index (χ1n) is 10.6. The maximum Gasteiger partial charge on any atom is 0.225 e. The normalized spacial score (nSPS) is 13.9. The van der Waals surface area contributed by atoms with Gasteiger partial charge >= 0.3 is 0 Å². The number of aliphatic imine (C=N–C) groups is 1. The average Bonchev–Trinajstić information content (AvgIpc) is 2.83. The summed E-state index contributed by atoms with van der Waals surface area (Å²) in [5.74, 6) is 2.36. The van der Waals surface area contributed by atoms with Crippen LogP contribution in [0.15, 0.2) is 47.7 Å². The molecule has 0 spiro atoms. The molecule has 1 aliphatic heterocycles. The molecule has 0 atom stereocenters. The Labute approximate surface area is 206 Å². The Kier molecular flexibility index (Phi) is 11.0. The predicted octanol–water partition coefficient (Wildman–Crippen LogP) is 1.90. The summed E-state index contributed by atoms with van der Waals surface area (Å²) in [5.41, 5.74) is 1.01. The smallest absolute Gasteiger partial charge is 0.225 e. The molecule has 1 fully saturated rings. The highest BCUT2D eigenvalue weighted by atomic mass is 127. The molecule has 2 N–H and O–H groups in total. The van der Waals surface area contributed by atoms with E-state index < -0.39 is 0 Å². The van der Waals surface area contributed by atoms with Crippen LogP contribution in [-0.2, 0) is 11.3 Å². The van der Waals surface area contributed by atoms with Crippen LogP contribution < -0.4 is 20.3 Å². The molecule has 1 amide bonds. The standard InChI is InChI=1S/C22H31N7O2.HI/c1-3-23-21(27-17-18-7-4-5-8-19(18)31-2)24-12-9-20(30)28-13-15-29(16-14-28)22-25-10-6-11-26-22;/h4-8,10-11H,3,9,12-17H2,1-2H3,(H2,23,24,27);1H. The molecule has 1 saturated heterocycles. The van der Waals surface area contributed by atoms with Gasteiger partial charge in [0.15, 0.2) is 5.96 Å². The van der Waals surface area contributed by atoms with Gasteiger partial charge in [-0.2, -0.15) is 0 Å². The van der Waals surface area contributed by atoms with Crippen LogP contribution in [0.25, 0.3) is 0 Å². The van der Waals surface area contributed by atoms with E-state index in [0.29, 0.717) is 38.6 Å². The molecule has 1 aromatic heterocycles. The summed E-state index contributed by atoms with van der Waals surface area (Å²) in [4.78, 5) is 29.8. The van der Waals surface area contributed by atoms with Gasteiger partial charge < -0.3 is 25.2 Å². The second-order valence-corrected chi connectivity index (χ2v) is 7.10. The van der Waals surface area contributed by atoms with Crippen LogP contribution in [0.5, 0.6) is 5.75 Å². The highest BCUT2D eigenvalue weighted by molar-refractivity contribution is 14.0. The molecule has 0 bridgehead atoms. The molecule has 3 rings (SSSR count). The third-order valence-electron chi connectivity index (χ3n) is 5.04. The van der Waals surface area contributed by atoms with Crippen LogP contribution >= 0.6 is 24.0 Å². The van der Waals surface area contributed by atoms with E-state index >= 15 is 0 Å². The van der Waals surface area contributed by atoms with Gasteiger partial charge in [-0.05, 0) is 19.1 Å². The Morgan fingerprint density at radius 3 is 2.50 bits per heavy atom. The Morgan fingerprint density at radius 2 is 1.81 bits per heavy atom. The van der Waals surface area contributed by atoms with Crippen LogP contribution in [0.2, 0.25) is 0 Å². The predicted molar refractivity (Wildman–Crippen MR) is 137 cm³/mol. The number of guanidine groups is 1. The largest absolute Gasteiger partial charge is 0.496 e. The number of para-hydroxylation sites is 1. The van der Waals surface area contributed by atoms with E-state index in [1.54, 1.807) is 25.6 Å². The van der Waals surface area contributed by atoms with Gasteiger partial charge in [-0.1, -0.05) is 18.2 Å². The maximum atomic E-state index is 12.6. The lowest BCUT2D eigenvalue weighted by Crippen LogP contribution is -2.50. The van der Waals surface area contributed by atoms with Gasteiger partial charge in [0.1, 0.15) is 5.75 Å². The molecule has 2 aromatic rings. The zero-order valence-electron chi connectivity index (χ0n) is 18.7. The lowest BCUT2D eigenvalue weighted by Gasteiger charge is -2.34. The topological polar surface area (TPSA) is 95.0 Å². The maximum absolute atomic E-state index is 12.6. The van der Waals surface area contributed by atoms with E-state index in [2.05, 4.69) is 30.5 Å². The molecule has 0 radical (unpaired) electrons. The van der Waals surface area contributed by atoms with Crippen LogP contribution in [0, 0.1) is 0 Å². The lowest BCUT2D eigenvalue weighted by atomic mass is 10.2. The fraction of sp³-hybridized carbons (Fsp3) is 0.455. The quantitative estimate of drug-likeness (QED) is 0.293. The van der Waals surface area contributed by atoms with Gasteiger partial charge in [0.05, 0.1) is 13.7 Å². The van der Waals surface area contributed by atoms with Crippen molar-refractivity contribution in [1.29, 1.82) is 0 Å². The first-order valence-corrected chi connectivity index (χ1v) is 10.6. The molecule has 2 heterocycles. The van der Waals surface area contributed by atoms with Gasteiger partial charge in [-0.15, -0.1) is 24.0 Å². The van der Waals surface area contributed by atoms with E-state index in [4.69, 9.17) is 4.74 Å². The van der Waals surface area contributed by atoms with Gasteiger partial charge in [-0.25, -0.2) is 15.0 Å². The molecule has 0 unspecified atom stereocenters. The second-order valence-electron chi connectivity index (χ2n) is 7.10. The second kappa shape index (κ2) is 13.7. The number of anilines is 1. The Balaban J connectivity index is 0.00000363. The van der Waals surface area contributed by atoms with Crippen LogP contribution in [0.4, 0.5) is 5.95 Å². The summed E-state index contributed by atoms with van der Waals surface area (Å²) in [6, 6.07) is 9.63. The highest BCUT2D eigenvalue weighted by Gasteiger charge is 2.22. The Hall–Kier alpha value is -2.63. The van der Waals surface area contributed by atoms with E-state index in [1.807, 2.05) is 36.1 Å². The fourth-order valence-electron chi connectivity index (χ4n) is 3.40. The average molecular weight is 553 g/mol. The van der Waals surface area contributed by atoms with Gasteiger partial charge in [0.25, 0.3) is 0 Å². The first kappa shape index (κ1) is 25.6. The number of methoxy groups -OCH3 is 1. The number of halogens is 1. The van der Waals surface area contributed by atoms with Crippen molar-refractivity contribution in [3.05, 3.63) is 48.3 Å². The number of carbonyl (C=O) groups is 1. The summed E-state index contributed by atoms with van der Waals surface area (Å²) in [7, 11) is 1.66. The SMILES string of the molecule is CCNC(=NCc1ccccc1OC)NCCC(=O)N1CCN(c2ncccn2)CC1.I. The molecule has 9 nitrogen and oxygen atoms in total. The number of rotatable bonds is 8. The van der Waals surface area contributed by atoms with Gasteiger partial charge in [-0.3, -0.25) is 4.79 Å². The third kappa shape index (κ3) is 7.50. The number of piperazine rings is 1. The molecule has 1 aliphatic rings. The molecule has 0 aliphatic carbocycles. The van der Waals surface area contributed by atoms with Crippen molar-refractivity contribution in [2.75, 3.05) is 51.3 Å². The number of hydrogen-bond donors (Lipinski definition) is 2. The molecule has 32 heavy (non-hydrogen) atoms. The summed E-state index contributed by atoms with van der Waals surface area (Å²) >= 11 is 0. The van der Waals surface area contributed by atoms with Crippen molar-refractivity contribution in [1.82, 2.24) is 25.5 Å². The number of hydrogen-bond acceptors (Lipinski definition) is 6. The fourth-order valence-corrected chi connectivity index (χ4v) is 3.40. The van der Waals surface area contributed by atoms with E-state index in [-0.39, 0.29) is 29.9 Å². The molecule has 1 aromatic carbocycles. The van der Waals surface area contributed by atoms with Crippen molar-refractivity contribution < 1.29 is 9.53 Å². The summed E-state index contributed by atoms with van der Waals surface area (Å²) in [5, 5.41) is 6.47. The molecule has 0 saturated carbocycles. The molecular formula is C22H32IN7O2. The number of aromatic nitrogens is 2. The highest BCUT2D eigenvalue weighted by Crippen LogP contribution is 2.17. The number of benzene rings is 1. The monoisotopic (exact) mass is 553 g/mol. The van der Waals surface area contributed by atoms with Gasteiger partial charge in [0.2, 0.25) is 11.9 Å². The van der Waals surface area contributed by atoms with E-state index in [1.165, 1.54) is 0 Å². The minimum atomic E-state index is 0. The first-order chi connectivity index (χ1) is 15.2. The van der Waals surface area contributed by atoms with Crippen molar-refractivity contribution >= 4 is 41.8 Å². The minimum absolute atomic E-state index is 0. The summed E-state index contributed by atoms with van der Waals surface area (Å²) in [6.07, 6.45) is 3.90. The lowest BCUT2D eigenvalue weighted by molar-refractivity contribution is -0.131. The number of nitrogens with zero attached hydrogens (tertiary/aromatic N) is 5. The zero-order valence-corrected chi connectivity index (χ0v) is 21.0. The van der Waals surface area contributed by atoms with Crippen molar-refractivity contribution in [2.24, 2.45) is 4.99 Å². The summed E-state index contributed by atoms with van der Waals surface area (Å²) < 4.78 is 5.38. The van der Waals surface area contributed by atoms with Crippen LogP contribution in [-0.4, -0.2) is 73.1 Å². The van der Waals surface area contributed by atoms with Crippen molar-refractivity contribution in [3.63, 3.8) is 0 Å². The summed E-state index contributed by atoms with van der Waals surface area (Å²) in [6.45, 7) is 6.63. The molecule has 174 valence electrons. The van der Waals surface area contributed by atoms with Crippen molar-refractivity contribution in [2.45, 2.75) is 19.9 Å². The number of amides is 1. The van der Waals surface area contributed by atoms with Gasteiger partial charge in [0, 0.05) is 63.6 Å². The number of carbonyl (C=O) groups excluding carboxylic acids is 1.